The number of ether oxygens (including phenoxy) is 2. The largest absolute Gasteiger partial charge is 0.539 e. The average molecular weight is 350 g/mol. The number of fused-ring (bicyclic) bond motifs is 1. The minimum absolute atomic E-state index is 0.436. The first-order valence-electron chi connectivity index (χ1n) is 4.45. The fraction of sp³-hybridized carbons (Fsp3) is 0.556. The van der Waals surface area contributed by atoms with Crippen LogP contribution in [0.15, 0.2) is 21.5 Å². The first-order valence-corrected chi connectivity index (χ1v) is 5.53. The van der Waals surface area contributed by atoms with Crippen molar-refractivity contribution in [3.8, 4) is 0 Å². The minimum atomic E-state index is -4.28. The summed E-state index contributed by atoms with van der Waals surface area (Å²) < 4.78 is 60.4. The Morgan fingerprint density at radius 2 is 1.88 bits per heavy atom. The van der Waals surface area contributed by atoms with Crippen LogP contribution in [0.4, 0.5) is 17.6 Å². The number of hydrogen-bond donors (Lipinski definition) is 0. The molecule has 0 aromatic rings. The third-order valence-corrected chi connectivity index (χ3v) is 3.84. The van der Waals surface area contributed by atoms with Gasteiger partial charge < -0.3 is 4.74 Å². The molecular formula is C9H7F4IO2. The van der Waals surface area contributed by atoms with Gasteiger partial charge in [-0.25, -0.2) is 4.74 Å². The zero-order valence-electron chi connectivity index (χ0n) is 8.02. The van der Waals surface area contributed by atoms with Crippen molar-refractivity contribution in [1.82, 2.24) is 0 Å². The lowest BCUT2D eigenvalue weighted by atomic mass is 9.86. The van der Waals surface area contributed by atoms with Crippen molar-refractivity contribution < 1.29 is 27.0 Å². The SMILES string of the molecule is CC1C(I)=CC=C2OC(F)(F)OC(F)(F)C21. The highest BCUT2D eigenvalue weighted by Crippen LogP contribution is 2.51. The van der Waals surface area contributed by atoms with Gasteiger partial charge in [-0.1, -0.05) is 6.92 Å². The molecule has 0 amide bonds. The van der Waals surface area contributed by atoms with Crippen molar-refractivity contribution >= 4 is 22.6 Å². The van der Waals surface area contributed by atoms with Crippen LogP contribution in [0.2, 0.25) is 0 Å². The summed E-state index contributed by atoms with van der Waals surface area (Å²) in [6, 6.07) is 0. The fourth-order valence-electron chi connectivity index (χ4n) is 1.76. The average Bonchev–Trinajstić information content (AvgIpc) is 2.07. The molecule has 0 aromatic heterocycles. The van der Waals surface area contributed by atoms with Crippen LogP contribution >= 0.6 is 22.6 Å². The molecule has 2 aliphatic rings. The molecule has 7 heteroatoms. The van der Waals surface area contributed by atoms with Gasteiger partial charge in [0, 0.05) is 5.92 Å². The molecule has 0 N–H and O–H groups in total. The topological polar surface area (TPSA) is 18.5 Å². The Hall–Kier alpha value is -0.310. The van der Waals surface area contributed by atoms with E-state index in [4.69, 9.17) is 0 Å². The number of rotatable bonds is 0. The van der Waals surface area contributed by atoms with Gasteiger partial charge in [0.2, 0.25) is 0 Å². The standard InChI is InChI=1S/C9H7F4IO2/c1-4-5(14)2-3-6-7(4)8(10,11)16-9(12,13)15-6/h2-4,7H,1H3. The van der Waals surface area contributed by atoms with Crippen LogP contribution in [-0.4, -0.2) is 12.4 Å². The summed E-state index contributed by atoms with van der Waals surface area (Å²) in [5.74, 6) is -2.55. The van der Waals surface area contributed by atoms with Crippen LogP contribution in [0.3, 0.4) is 0 Å². The molecule has 0 radical (unpaired) electrons. The molecule has 0 bridgehead atoms. The van der Waals surface area contributed by atoms with Crippen LogP contribution in [-0.2, 0) is 9.47 Å². The van der Waals surface area contributed by atoms with Crippen molar-refractivity contribution in [3.05, 3.63) is 21.5 Å². The van der Waals surface area contributed by atoms with Crippen LogP contribution in [0.1, 0.15) is 6.92 Å². The summed E-state index contributed by atoms with van der Waals surface area (Å²) in [5.41, 5.74) is 0. The molecule has 0 aromatic carbocycles. The van der Waals surface area contributed by atoms with Gasteiger partial charge >= 0.3 is 12.4 Å². The zero-order chi connectivity index (χ0) is 12.1. The number of allylic oxidation sites excluding steroid dienone is 3. The second kappa shape index (κ2) is 3.59. The summed E-state index contributed by atoms with van der Waals surface area (Å²) in [5, 5.41) is 0. The lowest BCUT2D eigenvalue weighted by Gasteiger charge is -2.40. The monoisotopic (exact) mass is 350 g/mol. The summed E-state index contributed by atoms with van der Waals surface area (Å²) in [6.07, 6.45) is -5.59. The molecule has 1 aliphatic carbocycles. The summed E-state index contributed by atoms with van der Waals surface area (Å²) in [7, 11) is 0. The summed E-state index contributed by atoms with van der Waals surface area (Å²) in [4.78, 5) is 0. The van der Waals surface area contributed by atoms with E-state index < -0.39 is 30.0 Å². The van der Waals surface area contributed by atoms with Gasteiger partial charge in [-0.3, -0.25) is 0 Å². The Kier molecular flexibility index (Phi) is 2.73. The second-order valence-corrected chi connectivity index (χ2v) is 4.86. The second-order valence-electron chi connectivity index (χ2n) is 3.62. The van der Waals surface area contributed by atoms with Gasteiger partial charge in [-0.2, -0.15) is 8.78 Å². The first kappa shape index (κ1) is 12.2. The van der Waals surface area contributed by atoms with Gasteiger partial charge in [-0.05, 0) is 38.3 Å². The van der Waals surface area contributed by atoms with E-state index in [9.17, 15) is 17.6 Å². The third kappa shape index (κ3) is 1.94. The van der Waals surface area contributed by atoms with E-state index >= 15 is 0 Å². The fourth-order valence-corrected chi connectivity index (χ4v) is 2.30. The maximum atomic E-state index is 13.4. The summed E-state index contributed by atoms with van der Waals surface area (Å²) >= 11 is 1.88. The van der Waals surface area contributed by atoms with E-state index in [2.05, 4.69) is 9.47 Å². The minimum Gasteiger partial charge on any atom is -0.413 e. The Balaban J connectivity index is 2.42. The van der Waals surface area contributed by atoms with Crippen LogP contribution in [0, 0.1) is 11.8 Å². The molecule has 1 heterocycles. The molecule has 2 unspecified atom stereocenters. The van der Waals surface area contributed by atoms with Crippen LogP contribution in [0.25, 0.3) is 0 Å². The predicted octanol–water partition coefficient (Wildman–Crippen LogP) is 3.65. The van der Waals surface area contributed by atoms with E-state index in [-0.39, 0.29) is 0 Å². The number of hydrogen-bond acceptors (Lipinski definition) is 2. The van der Waals surface area contributed by atoms with Gasteiger partial charge in [0.25, 0.3) is 0 Å². The van der Waals surface area contributed by atoms with Crippen molar-refractivity contribution in [2.45, 2.75) is 19.3 Å². The van der Waals surface area contributed by atoms with Gasteiger partial charge in [-0.15, -0.1) is 8.78 Å². The molecule has 2 atom stereocenters. The highest BCUT2D eigenvalue weighted by atomic mass is 127. The van der Waals surface area contributed by atoms with Crippen LogP contribution in [0.5, 0.6) is 0 Å². The Labute approximate surface area is 102 Å². The van der Waals surface area contributed by atoms with Crippen LogP contribution < -0.4 is 0 Å². The molecule has 0 saturated carbocycles. The van der Waals surface area contributed by atoms with Crippen molar-refractivity contribution in [2.24, 2.45) is 11.8 Å². The van der Waals surface area contributed by atoms with E-state index in [0.717, 1.165) is 6.08 Å². The summed E-state index contributed by atoms with van der Waals surface area (Å²) in [6.45, 7) is 1.51. The van der Waals surface area contributed by atoms with E-state index in [1.807, 2.05) is 22.6 Å². The third-order valence-electron chi connectivity index (χ3n) is 2.50. The molecule has 90 valence electrons. The molecule has 2 nitrogen and oxygen atoms in total. The molecule has 2 rings (SSSR count). The quantitative estimate of drug-likeness (QED) is 0.491. The zero-order valence-corrected chi connectivity index (χ0v) is 10.2. The molecule has 1 saturated heterocycles. The van der Waals surface area contributed by atoms with Gasteiger partial charge in [0.1, 0.15) is 11.7 Å². The lowest BCUT2D eigenvalue weighted by Crippen LogP contribution is -2.50. The van der Waals surface area contributed by atoms with E-state index in [1.165, 1.54) is 13.0 Å². The van der Waals surface area contributed by atoms with E-state index in [0.29, 0.717) is 3.58 Å². The van der Waals surface area contributed by atoms with Crippen molar-refractivity contribution in [2.75, 3.05) is 0 Å². The van der Waals surface area contributed by atoms with E-state index in [1.54, 1.807) is 0 Å². The number of alkyl halides is 4. The predicted molar refractivity (Wildman–Crippen MR) is 54.9 cm³/mol. The van der Waals surface area contributed by atoms with Crippen molar-refractivity contribution in [3.63, 3.8) is 0 Å². The Morgan fingerprint density at radius 1 is 1.25 bits per heavy atom. The number of halogens is 5. The maximum Gasteiger partial charge on any atom is 0.539 e. The first-order chi connectivity index (χ1) is 7.23. The Bertz CT molecular complexity index is 378. The molecule has 1 fully saturated rings. The Morgan fingerprint density at radius 3 is 2.50 bits per heavy atom. The molecule has 1 aliphatic heterocycles. The highest BCUT2D eigenvalue weighted by molar-refractivity contribution is 14.1. The smallest absolute Gasteiger partial charge is 0.413 e. The maximum absolute atomic E-state index is 13.4. The van der Waals surface area contributed by atoms with Crippen molar-refractivity contribution in [1.29, 1.82) is 0 Å². The lowest BCUT2D eigenvalue weighted by molar-refractivity contribution is -0.496. The molecule has 16 heavy (non-hydrogen) atoms. The highest BCUT2D eigenvalue weighted by Gasteiger charge is 2.61. The van der Waals surface area contributed by atoms with Gasteiger partial charge in [0.05, 0.1) is 0 Å². The normalized spacial score (nSPS) is 35.6. The molecule has 0 spiro atoms. The molecular weight excluding hydrogens is 343 g/mol. The van der Waals surface area contributed by atoms with Gasteiger partial charge in [0.15, 0.2) is 0 Å².